The maximum Gasteiger partial charge on any atom is 0.245 e. The van der Waals surface area contributed by atoms with E-state index in [1.165, 1.54) is 6.92 Å². The molecule has 36 heavy (non-hydrogen) atoms. The Kier molecular flexibility index (Phi) is 15.0. The van der Waals surface area contributed by atoms with Crippen LogP contribution in [0, 0.1) is 11.8 Å². The van der Waals surface area contributed by atoms with Gasteiger partial charge in [-0.15, -0.1) is 0 Å². The first kappa shape index (κ1) is 31.6. The molecule has 0 saturated carbocycles. The second-order valence-corrected chi connectivity index (χ2v) is 9.59. The molecule has 4 atom stereocenters. The summed E-state index contributed by atoms with van der Waals surface area (Å²) in [6.45, 7) is 10.1. The number of methoxy groups -OCH3 is 2. The molecule has 1 aromatic carbocycles. The van der Waals surface area contributed by atoms with Gasteiger partial charge in [-0.05, 0) is 30.2 Å². The standard InChI is InChI=1S/C28H47N3O5/c1-8-10-14-21(4)26(30-27(33)25(20(3)9-2)29-22(5)32)28(34)31(19-24(35-6)36-7)18-17-23-15-12-11-13-16-23/h11-13,15-16,20-21,24-26H,8-10,14,17-19H2,1-7H3,(H,29,32)(H,30,33)/t20-,21-,25+,26?/m0/s1. The van der Waals surface area contributed by atoms with Crippen molar-refractivity contribution in [1.29, 1.82) is 0 Å². The SMILES string of the molecule is CCCC[C@H](C)C(NC(=O)[C@H](NC(C)=O)[C@@H](C)CC)C(=O)N(CCc1ccccc1)CC(OC)OC. The van der Waals surface area contributed by atoms with Crippen molar-refractivity contribution in [2.45, 2.75) is 85.1 Å². The molecular formula is C28H47N3O5. The predicted molar refractivity (Wildman–Crippen MR) is 142 cm³/mol. The highest BCUT2D eigenvalue weighted by atomic mass is 16.7. The lowest BCUT2D eigenvalue weighted by Gasteiger charge is -2.34. The molecule has 204 valence electrons. The average Bonchev–Trinajstić information content (AvgIpc) is 2.88. The zero-order chi connectivity index (χ0) is 27.1. The Morgan fingerprint density at radius 1 is 0.944 bits per heavy atom. The summed E-state index contributed by atoms with van der Waals surface area (Å²) >= 11 is 0. The summed E-state index contributed by atoms with van der Waals surface area (Å²) in [5.74, 6) is -0.938. The highest BCUT2D eigenvalue weighted by Crippen LogP contribution is 2.18. The van der Waals surface area contributed by atoms with Crippen LogP contribution in [0.5, 0.6) is 0 Å². The molecule has 0 spiro atoms. The Hall–Kier alpha value is -2.45. The molecule has 1 rings (SSSR count). The van der Waals surface area contributed by atoms with Gasteiger partial charge in [0.2, 0.25) is 17.7 Å². The lowest BCUT2D eigenvalue weighted by Crippen LogP contribution is -2.58. The van der Waals surface area contributed by atoms with Gasteiger partial charge in [0, 0.05) is 27.7 Å². The van der Waals surface area contributed by atoms with Gasteiger partial charge in [0.25, 0.3) is 0 Å². The molecule has 8 nitrogen and oxygen atoms in total. The topological polar surface area (TPSA) is 97.0 Å². The van der Waals surface area contributed by atoms with E-state index in [9.17, 15) is 14.4 Å². The minimum atomic E-state index is -0.727. The first-order valence-electron chi connectivity index (χ1n) is 13.1. The third-order valence-electron chi connectivity index (χ3n) is 6.72. The maximum absolute atomic E-state index is 14.0. The van der Waals surface area contributed by atoms with Crippen LogP contribution in [0.2, 0.25) is 0 Å². The molecule has 0 aliphatic rings. The molecule has 0 heterocycles. The molecule has 0 fully saturated rings. The van der Waals surface area contributed by atoms with E-state index in [2.05, 4.69) is 17.6 Å². The van der Waals surface area contributed by atoms with Crippen molar-refractivity contribution in [2.24, 2.45) is 11.8 Å². The first-order valence-corrected chi connectivity index (χ1v) is 13.1. The molecule has 1 aromatic rings. The number of nitrogens with zero attached hydrogens (tertiary/aromatic N) is 1. The summed E-state index contributed by atoms with van der Waals surface area (Å²) in [6.07, 6.45) is 3.54. The lowest BCUT2D eigenvalue weighted by atomic mass is 9.92. The van der Waals surface area contributed by atoms with E-state index in [-0.39, 0.29) is 36.1 Å². The Morgan fingerprint density at radius 3 is 2.11 bits per heavy atom. The van der Waals surface area contributed by atoms with Crippen molar-refractivity contribution in [3.63, 3.8) is 0 Å². The smallest absolute Gasteiger partial charge is 0.245 e. The van der Waals surface area contributed by atoms with Crippen LogP contribution in [0.3, 0.4) is 0 Å². The molecule has 0 aromatic heterocycles. The van der Waals surface area contributed by atoms with Crippen LogP contribution in [0.15, 0.2) is 30.3 Å². The number of amides is 3. The van der Waals surface area contributed by atoms with Gasteiger partial charge in [-0.3, -0.25) is 14.4 Å². The minimum absolute atomic E-state index is 0.0730. The van der Waals surface area contributed by atoms with Crippen molar-refractivity contribution in [1.82, 2.24) is 15.5 Å². The summed E-state index contributed by atoms with van der Waals surface area (Å²) in [5.41, 5.74) is 1.11. The fraction of sp³-hybridized carbons (Fsp3) is 0.679. The largest absolute Gasteiger partial charge is 0.354 e. The predicted octanol–water partition coefficient (Wildman–Crippen LogP) is 3.54. The summed E-state index contributed by atoms with van der Waals surface area (Å²) in [6, 6.07) is 8.53. The van der Waals surface area contributed by atoms with Crippen LogP contribution in [-0.4, -0.2) is 68.3 Å². The summed E-state index contributed by atoms with van der Waals surface area (Å²) in [5, 5.41) is 5.77. The van der Waals surface area contributed by atoms with Gasteiger partial charge in [0.1, 0.15) is 12.1 Å². The van der Waals surface area contributed by atoms with E-state index in [1.807, 2.05) is 51.1 Å². The van der Waals surface area contributed by atoms with Gasteiger partial charge in [-0.2, -0.15) is 0 Å². The summed E-state index contributed by atoms with van der Waals surface area (Å²) in [4.78, 5) is 40.8. The Balaban J connectivity index is 3.23. The monoisotopic (exact) mass is 505 g/mol. The van der Waals surface area contributed by atoms with Gasteiger partial charge < -0.3 is 25.0 Å². The van der Waals surface area contributed by atoms with Crippen LogP contribution in [-0.2, 0) is 30.3 Å². The number of hydrogen-bond acceptors (Lipinski definition) is 5. The van der Waals surface area contributed by atoms with Crippen molar-refractivity contribution < 1.29 is 23.9 Å². The number of rotatable bonds is 17. The number of benzene rings is 1. The van der Waals surface area contributed by atoms with Crippen LogP contribution >= 0.6 is 0 Å². The highest BCUT2D eigenvalue weighted by molar-refractivity contribution is 5.92. The first-order chi connectivity index (χ1) is 17.2. The lowest BCUT2D eigenvalue weighted by molar-refractivity contribution is -0.150. The van der Waals surface area contributed by atoms with Gasteiger partial charge in [0.05, 0.1) is 6.54 Å². The number of carbonyl (C=O) groups is 3. The number of carbonyl (C=O) groups excluding carboxylic acids is 3. The molecule has 0 bridgehead atoms. The molecule has 8 heteroatoms. The molecule has 1 unspecified atom stereocenters. The van der Waals surface area contributed by atoms with Crippen LogP contribution in [0.4, 0.5) is 0 Å². The van der Waals surface area contributed by atoms with E-state index in [4.69, 9.17) is 9.47 Å². The van der Waals surface area contributed by atoms with E-state index in [1.54, 1.807) is 19.1 Å². The zero-order valence-corrected chi connectivity index (χ0v) is 23.2. The molecule has 0 radical (unpaired) electrons. The molecule has 0 saturated heterocycles. The van der Waals surface area contributed by atoms with Crippen LogP contribution in [0.1, 0.15) is 65.9 Å². The van der Waals surface area contributed by atoms with Crippen LogP contribution < -0.4 is 10.6 Å². The second kappa shape index (κ2) is 17.1. The molecule has 2 N–H and O–H groups in total. The molecular weight excluding hydrogens is 458 g/mol. The van der Waals surface area contributed by atoms with E-state index in [0.29, 0.717) is 13.0 Å². The van der Waals surface area contributed by atoms with Crippen LogP contribution in [0.25, 0.3) is 0 Å². The fourth-order valence-corrected chi connectivity index (χ4v) is 4.13. The summed E-state index contributed by atoms with van der Waals surface area (Å²) in [7, 11) is 3.09. The molecule has 3 amide bonds. The fourth-order valence-electron chi connectivity index (χ4n) is 4.13. The van der Waals surface area contributed by atoms with Crippen molar-refractivity contribution in [3.8, 4) is 0 Å². The quantitative estimate of drug-likeness (QED) is 0.316. The second-order valence-electron chi connectivity index (χ2n) is 9.59. The normalized spacial score (nSPS) is 14.6. The molecule has 0 aliphatic heterocycles. The van der Waals surface area contributed by atoms with Gasteiger partial charge in [0.15, 0.2) is 6.29 Å². The maximum atomic E-state index is 14.0. The average molecular weight is 506 g/mol. The van der Waals surface area contributed by atoms with Crippen molar-refractivity contribution in [2.75, 3.05) is 27.3 Å². The number of ether oxygens (including phenoxy) is 2. The zero-order valence-electron chi connectivity index (χ0n) is 23.2. The van der Waals surface area contributed by atoms with E-state index >= 15 is 0 Å². The Bertz CT molecular complexity index is 785. The van der Waals surface area contributed by atoms with E-state index < -0.39 is 18.4 Å². The van der Waals surface area contributed by atoms with Gasteiger partial charge in [-0.25, -0.2) is 0 Å². The third kappa shape index (κ3) is 10.7. The van der Waals surface area contributed by atoms with Crippen molar-refractivity contribution >= 4 is 17.7 Å². The summed E-state index contributed by atoms with van der Waals surface area (Å²) < 4.78 is 10.8. The minimum Gasteiger partial charge on any atom is -0.354 e. The van der Waals surface area contributed by atoms with E-state index in [0.717, 1.165) is 31.2 Å². The van der Waals surface area contributed by atoms with Crippen molar-refractivity contribution in [3.05, 3.63) is 35.9 Å². The third-order valence-corrected chi connectivity index (χ3v) is 6.72. The number of nitrogens with one attached hydrogen (secondary N) is 2. The molecule has 0 aliphatic carbocycles. The van der Waals surface area contributed by atoms with Gasteiger partial charge in [-0.1, -0.05) is 77.3 Å². The van der Waals surface area contributed by atoms with Gasteiger partial charge >= 0.3 is 0 Å². The Morgan fingerprint density at radius 2 is 1.58 bits per heavy atom. The number of hydrogen-bond donors (Lipinski definition) is 2. The highest BCUT2D eigenvalue weighted by Gasteiger charge is 2.34. The number of unbranched alkanes of at least 4 members (excludes halogenated alkanes) is 1. The Labute approximate surface area is 217 Å².